The molecule has 2 rings (SSSR count). The highest BCUT2D eigenvalue weighted by Crippen LogP contribution is 2.39. The van der Waals surface area contributed by atoms with Crippen LogP contribution in [0.1, 0.15) is 53.9 Å². The van der Waals surface area contributed by atoms with Gasteiger partial charge in [-0.1, -0.05) is 69.9 Å². The highest BCUT2D eigenvalue weighted by atomic mass is 16.1. The van der Waals surface area contributed by atoms with Gasteiger partial charge in [-0.25, -0.2) is 0 Å². The van der Waals surface area contributed by atoms with Gasteiger partial charge in [0.1, 0.15) is 0 Å². The zero-order valence-corrected chi connectivity index (χ0v) is 21.6. The van der Waals surface area contributed by atoms with Crippen LogP contribution in [0.3, 0.4) is 0 Å². The standard InChI is InChI=1S/C30H44N2O/c1-7-11-12-13-15-24(5)23-32-20-18-31(19-21-32)17-16-30(33)26(9-3)22-29-27(10-4)25(6)28(29)14-8-2/h7-8,11-15,22,24H,1,9-10,16-21,23H2,2-6H3/b12-11-,14-8-,15-13-,26-22+/t24-/m1/s1. The molecule has 0 bridgehead atoms. The maximum Gasteiger partial charge on any atom is 0.160 e. The number of hydrogen-bond donors (Lipinski definition) is 0. The zero-order valence-electron chi connectivity index (χ0n) is 21.6. The van der Waals surface area contributed by atoms with E-state index in [9.17, 15) is 4.79 Å². The Bertz CT molecular complexity index is 858. The summed E-state index contributed by atoms with van der Waals surface area (Å²) in [4.78, 5) is 18.0. The predicted octanol–water partition coefficient (Wildman–Crippen LogP) is 6.45. The van der Waals surface area contributed by atoms with E-state index in [4.69, 9.17) is 0 Å². The molecule has 33 heavy (non-hydrogen) atoms. The highest BCUT2D eigenvalue weighted by Gasteiger charge is 2.23. The second-order valence-corrected chi connectivity index (χ2v) is 9.11. The Balaban J connectivity index is 1.83. The molecular formula is C30H44N2O. The van der Waals surface area contributed by atoms with Gasteiger partial charge in [0.2, 0.25) is 0 Å². The van der Waals surface area contributed by atoms with E-state index < -0.39 is 0 Å². The number of nitrogens with zero attached hydrogens (tertiary/aromatic N) is 2. The quantitative estimate of drug-likeness (QED) is 0.239. The zero-order chi connectivity index (χ0) is 24.2. The minimum Gasteiger partial charge on any atom is -0.300 e. The molecule has 1 atom stereocenters. The van der Waals surface area contributed by atoms with E-state index in [1.54, 1.807) is 6.08 Å². The Morgan fingerprint density at radius 3 is 2.36 bits per heavy atom. The van der Waals surface area contributed by atoms with Crippen LogP contribution < -0.4 is 0 Å². The second kappa shape index (κ2) is 14.1. The maximum atomic E-state index is 13.0. The van der Waals surface area contributed by atoms with Crippen molar-refractivity contribution >= 4 is 5.78 Å². The van der Waals surface area contributed by atoms with Crippen molar-refractivity contribution < 1.29 is 4.79 Å². The van der Waals surface area contributed by atoms with Crippen LogP contribution in [0, 0.1) is 5.92 Å². The molecule has 0 radical (unpaired) electrons. The third kappa shape index (κ3) is 7.94. The van der Waals surface area contributed by atoms with Crippen LogP contribution in [0.5, 0.6) is 0 Å². The molecular weight excluding hydrogens is 404 g/mol. The summed E-state index contributed by atoms with van der Waals surface area (Å²) in [7, 11) is 0. The SMILES string of the molecule is C=C/C=C\C=C/[C@@H](C)CN1CCN(CCC(=O)/C(=C/C2=C(/C=C\C)C(C)=C2CC)CC)CC1. The first-order valence-electron chi connectivity index (χ1n) is 12.7. The number of ketones is 1. The van der Waals surface area contributed by atoms with Crippen molar-refractivity contribution in [2.75, 3.05) is 39.3 Å². The van der Waals surface area contributed by atoms with Gasteiger partial charge in [0, 0.05) is 45.7 Å². The van der Waals surface area contributed by atoms with Crippen LogP contribution in [-0.4, -0.2) is 54.9 Å². The van der Waals surface area contributed by atoms with Crippen molar-refractivity contribution in [2.45, 2.75) is 53.9 Å². The van der Waals surface area contributed by atoms with Gasteiger partial charge >= 0.3 is 0 Å². The number of carbonyl (C=O) groups excluding carboxylic acids is 1. The molecule has 1 fully saturated rings. The second-order valence-electron chi connectivity index (χ2n) is 9.11. The first kappa shape index (κ1) is 27.0. The van der Waals surface area contributed by atoms with Crippen LogP contribution >= 0.6 is 0 Å². The predicted molar refractivity (Wildman–Crippen MR) is 143 cm³/mol. The first-order valence-corrected chi connectivity index (χ1v) is 12.7. The third-order valence-electron chi connectivity index (χ3n) is 6.68. The Hall–Kier alpha value is -2.23. The fourth-order valence-corrected chi connectivity index (χ4v) is 4.70. The Labute approximate surface area is 202 Å². The van der Waals surface area contributed by atoms with Gasteiger partial charge in [-0.05, 0) is 66.5 Å². The molecule has 3 nitrogen and oxygen atoms in total. The van der Waals surface area contributed by atoms with Crippen LogP contribution in [0.2, 0.25) is 0 Å². The number of hydrogen-bond acceptors (Lipinski definition) is 3. The summed E-state index contributed by atoms with van der Waals surface area (Å²) >= 11 is 0. The van der Waals surface area contributed by atoms with Crippen molar-refractivity contribution in [3.05, 3.63) is 83.1 Å². The smallest absolute Gasteiger partial charge is 0.160 e. The van der Waals surface area contributed by atoms with Crippen LogP contribution in [0.15, 0.2) is 83.1 Å². The molecule has 0 spiro atoms. The summed E-state index contributed by atoms with van der Waals surface area (Å²) in [5.74, 6) is 0.836. The van der Waals surface area contributed by atoms with E-state index in [0.717, 1.165) is 57.7 Å². The number of Topliss-reactive ketones (excluding diaryl/α,β-unsaturated/α-hetero) is 1. The van der Waals surface area contributed by atoms with Gasteiger partial charge in [0.25, 0.3) is 0 Å². The number of rotatable bonds is 13. The van der Waals surface area contributed by atoms with E-state index in [1.165, 1.54) is 22.3 Å². The molecule has 2 aliphatic rings. The molecule has 180 valence electrons. The summed E-state index contributed by atoms with van der Waals surface area (Å²) in [6, 6.07) is 0. The molecule has 1 heterocycles. The van der Waals surface area contributed by atoms with E-state index in [2.05, 4.69) is 81.4 Å². The lowest BCUT2D eigenvalue weighted by molar-refractivity contribution is -0.116. The Morgan fingerprint density at radius 2 is 1.76 bits per heavy atom. The van der Waals surface area contributed by atoms with Crippen molar-refractivity contribution in [1.29, 1.82) is 0 Å². The normalized spacial score (nSPS) is 19.8. The molecule has 0 aromatic heterocycles. The molecule has 0 unspecified atom stereocenters. The molecule has 1 aliphatic carbocycles. The lowest BCUT2D eigenvalue weighted by Gasteiger charge is -2.35. The van der Waals surface area contributed by atoms with Crippen molar-refractivity contribution in [1.82, 2.24) is 9.80 Å². The van der Waals surface area contributed by atoms with Gasteiger partial charge in [-0.15, -0.1) is 0 Å². The van der Waals surface area contributed by atoms with E-state index in [-0.39, 0.29) is 0 Å². The Morgan fingerprint density at radius 1 is 1.06 bits per heavy atom. The average Bonchev–Trinajstić information content (AvgIpc) is 2.82. The van der Waals surface area contributed by atoms with E-state index >= 15 is 0 Å². The van der Waals surface area contributed by atoms with Crippen molar-refractivity contribution in [2.24, 2.45) is 5.92 Å². The van der Waals surface area contributed by atoms with Crippen LogP contribution in [0.25, 0.3) is 0 Å². The molecule has 0 aromatic carbocycles. The molecule has 0 saturated carbocycles. The lowest BCUT2D eigenvalue weighted by atomic mass is 9.78. The summed E-state index contributed by atoms with van der Waals surface area (Å²) < 4.78 is 0. The minimum absolute atomic E-state index is 0.304. The molecule has 0 amide bonds. The Kier molecular flexibility index (Phi) is 11.6. The highest BCUT2D eigenvalue weighted by molar-refractivity contribution is 5.96. The van der Waals surface area contributed by atoms with Crippen LogP contribution in [-0.2, 0) is 4.79 Å². The van der Waals surface area contributed by atoms with Gasteiger partial charge in [-0.2, -0.15) is 0 Å². The maximum absolute atomic E-state index is 13.0. The van der Waals surface area contributed by atoms with Gasteiger partial charge in [-0.3, -0.25) is 4.79 Å². The van der Waals surface area contributed by atoms with Crippen molar-refractivity contribution in [3.8, 4) is 0 Å². The summed E-state index contributed by atoms with van der Waals surface area (Å²) in [5, 5.41) is 0. The topological polar surface area (TPSA) is 23.6 Å². The number of allylic oxidation sites excluding steroid dienone is 12. The van der Waals surface area contributed by atoms with Gasteiger partial charge in [0.15, 0.2) is 5.78 Å². The summed E-state index contributed by atoms with van der Waals surface area (Å²) in [6.45, 7) is 20.7. The number of piperazine rings is 1. The molecule has 0 N–H and O–H groups in total. The van der Waals surface area contributed by atoms with E-state index in [1.807, 2.05) is 12.2 Å². The average molecular weight is 449 g/mol. The first-order chi connectivity index (χ1) is 15.9. The van der Waals surface area contributed by atoms with E-state index in [0.29, 0.717) is 18.1 Å². The van der Waals surface area contributed by atoms with Gasteiger partial charge in [0.05, 0.1) is 0 Å². The lowest BCUT2D eigenvalue weighted by Crippen LogP contribution is -2.47. The third-order valence-corrected chi connectivity index (χ3v) is 6.68. The molecule has 0 aromatic rings. The minimum atomic E-state index is 0.304. The van der Waals surface area contributed by atoms with Gasteiger partial charge < -0.3 is 9.80 Å². The molecule has 1 aliphatic heterocycles. The van der Waals surface area contributed by atoms with Crippen molar-refractivity contribution in [3.63, 3.8) is 0 Å². The summed E-state index contributed by atoms with van der Waals surface area (Å²) in [6.07, 6.45) is 19.0. The summed E-state index contributed by atoms with van der Waals surface area (Å²) in [5.41, 5.74) is 6.31. The monoisotopic (exact) mass is 448 g/mol. The number of carbonyl (C=O) groups is 1. The molecule has 3 heteroatoms. The fraction of sp³-hybridized carbons (Fsp3) is 0.500. The fourth-order valence-electron chi connectivity index (χ4n) is 4.70. The largest absolute Gasteiger partial charge is 0.300 e. The molecule has 1 saturated heterocycles. The van der Waals surface area contributed by atoms with Crippen LogP contribution in [0.4, 0.5) is 0 Å².